The number of benzene rings is 1. The molecule has 102 valence electrons. The van der Waals surface area contributed by atoms with E-state index in [4.69, 9.17) is 5.73 Å². The van der Waals surface area contributed by atoms with Crippen molar-refractivity contribution in [1.82, 2.24) is 9.71 Å². The summed E-state index contributed by atoms with van der Waals surface area (Å²) in [5.41, 5.74) is 6.99. The molecule has 1 aromatic heterocycles. The fraction of sp³-hybridized carbons (Fsp3) is 0.231. The fourth-order valence-electron chi connectivity index (χ4n) is 1.86. The molecule has 1 aromatic carbocycles. The highest BCUT2D eigenvalue weighted by Gasteiger charge is 2.18. The van der Waals surface area contributed by atoms with Crippen LogP contribution >= 0.6 is 0 Å². The number of H-pyrrole nitrogens is 1. The molecular formula is C13H17N3O2S. The number of aromatic nitrogens is 1. The van der Waals surface area contributed by atoms with Crippen molar-refractivity contribution < 1.29 is 8.42 Å². The first kappa shape index (κ1) is 13.6. The van der Waals surface area contributed by atoms with Gasteiger partial charge in [-0.3, -0.25) is 0 Å². The Morgan fingerprint density at radius 1 is 1.42 bits per heavy atom. The first-order valence-corrected chi connectivity index (χ1v) is 7.50. The van der Waals surface area contributed by atoms with Gasteiger partial charge >= 0.3 is 0 Å². The highest BCUT2D eigenvalue weighted by Crippen LogP contribution is 2.24. The summed E-state index contributed by atoms with van der Waals surface area (Å²) in [6, 6.07) is 5.16. The van der Waals surface area contributed by atoms with E-state index in [1.54, 1.807) is 18.2 Å². The lowest BCUT2D eigenvalue weighted by molar-refractivity contribution is 0.583. The van der Waals surface area contributed by atoms with Crippen LogP contribution < -0.4 is 10.5 Å². The zero-order valence-electron chi connectivity index (χ0n) is 10.7. The van der Waals surface area contributed by atoms with E-state index >= 15 is 0 Å². The second-order valence-electron chi connectivity index (χ2n) is 4.21. The zero-order chi connectivity index (χ0) is 13.9. The minimum Gasteiger partial charge on any atom is -0.399 e. The van der Waals surface area contributed by atoms with E-state index in [2.05, 4.69) is 9.71 Å². The predicted molar refractivity (Wildman–Crippen MR) is 77.3 cm³/mol. The molecule has 0 amide bonds. The minimum absolute atomic E-state index is 0.232. The quantitative estimate of drug-likeness (QED) is 0.444. The van der Waals surface area contributed by atoms with Gasteiger partial charge in [0.1, 0.15) is 4.90 Å². The number of hydrogen-bond donors (Lipinski definition) is 3. The monoisotopic (exact) mass is 279 g/mol. The minimum atomic E-state index is -3.51. The van der Waals surface area contributed by atoms with E-state index in [9.17, 15) is 8.42 Å². The van der Waals surface area contributed by atoms with Crippen LogP contribution in [0, 0.1) is 0 Å². The second-order valence-corrected chi connectivity index (χ2v) is 5.95. The Bertz CT molecular complexity index is 702. The molecule has 5 nitrogen and oxygen atoms in total. The summed E-state index contributed by atoms with van der Waals surface area (Å²) in [5, 5.41) is 0.610. The Balaban J connectivity index is 2.30. The Kier molecular flexibility index (Phi) is 3.92. The van der Waals surface area contributed by atoms with E-state index in [0.29, 0.717) is 24.0 Å². The summed E-state index contributed by atoms with van der Waals surface area (Å²) in [5.74, 6) is 0. The van der Waals surface area contributed by atoms with Crippen LogP contribution in [0.4, 0.5) is 5.69 Å². The summed E-state index contributed by atoms with van der Waals surface area (Å²) >= 11 is 0. The van der Waals surface area contributed by atoms with Crippen molar-refractivity contribution >= 4 is 26.6 Å². The van der Waals surface area contributed by atoms with Crippen LogP contribution in [0.15, 0.2) is 41.4 Å². The molecule has 2 aromatic rings. The first-order valence-electron chi connectivity index (χ1n) is 6.02. The van der Waals surface area contributed by atoms with Crippen molar-refractivity contribution in [3.8, 4) is 0 Å². The van der Waals surface area contributed by atoms with E-state index < -0.39 is 10.0 Å². The van der Waals surface area contributed by atoms with Crippen LogP contribution in [0.3, 0.4) is 0 Å². The highest BCUT2D eigenvalue weighted by atomic mass is 32.2. The SMILES string of the molecule is C/C=C/CCNS(=O)(=O)c1c[nH]c2ccc(N)cc12. The van der Waals surface area contributed by atoms with Gasteiger partial charge in [0.05, 0.1) is 0 Å². The summed E-state index contributed by atoms with van der Waals surface area (Å²) < 4.78 is 26.9. The molecule has 0 saturated carbocycles. The Hall–Kier alpha value is -1.79. The lowest BCUT2D eigenvalue weighted by Gasteiger charge is -2.04. The van der Waals surface area contributed by atoms with Gasteiger partial charge in [0, 0.05) is 29.3 Å². The molecule has 19 heavy (non-hydrogen) atoms. The van der Waals surface area contributed by atoms with E-state index in [1.165, 1.54) is 6.20 Å². The fourth-order valence-corrected chi connectivity index (χ4v) is 3.07. The van der Waals surface area contributed by atoms with Gasteiger partial charge < -0.3 is 10.7 Å². The average molecular weight is 279 g/mol. The Morgan fingerprint density at radius 3 is 2.95 bits per heavy atom. The van der Waals surface area contributed by atoms with Gasteiger partial charge in [-0.05, 0) is 31.5 Å². The zero-order valence-corrected chi connectivity index (χ0v) is 11.5. The number of allylic oxidation sites excluding steroid dienone is 1. The van der Waals surface area contributed by atoms with E-state index in [1.807, 2.05) is 19.1 Å². The normalized spacial score (nSPS) is 12.5. The number of nitrogens with one attached hydrogen (secondary N) is 2. The number of sulfonamides is 1. The largest absolute Gasteiger partial charge is 0.399 e. The van der Waals surface area contributed by atoms with Crippen LogP contribution in [0.1, 0.15) is 13.3 Å². The number of nitrogen functional groups attached to an aromatic ring is 1. The predicted octanol–water partition coefficient (Wildman–Crippen LogP) is 1.99. The second kappa shape index (κ2) is 5.46. The number of aromatic amines is 1. The molecule has 0 aliphatic rings. The number of fused-ring (bicyclic) bond motifs is 1. The van der Waals surface area contributed by atoms with E-state index in [-0.39, 0.29) is 4.90 Å². The molecule has 0 radical (unpaired) electrons. The topological polar surface area (TPSA) is 88.0 Å². The van der Waals surface area contributed by atoms with Gasteiger partial charge in [-0.1, -0.05) is 12.2 Å². The van der Waals surface area contributed by atoms with Gasteiger partial charge in [0.15, 0.2) is 0 Å². The molecule has 4 N–H and O–H groups in total. The van der Waals surface area contributed by atoms with Crippen molar-refractivity contribution in [2.75, 3.05) is 12.3 Å². The molecule has 0 aliphatic heterocycles. The number of rotatable bonds is 5. The standard InChI is InChI=1S/C13H17N3O2S/c1-2-3-4-7-16-19(17,18)13-9-15-12-6-5-10(14)8-11(12)13/h2-3,5-6,8-9,15-16H,4,7,14H2,1H3/b3-2+. The molecule has 0 spiro atoms. The molecule has 0 bridgehead atoms. The summed E-state index contributed by atoms with van der Waals surface area (Å²) in [6.07, 6.45) is 5.96. The van der Waals surface area contributed by atoms with Gasteiger partial charge in [-0.15, -0.1) is 0 Å². The maximum atomic E-state index is 12.2. The first-order chi connectivity index (χ1) is 9.04. The lowest BCUT2D eigenvalue weighted by atomic mass is 10.2. The molecule has 6 heteroatoms. The third-order valence-electron chi connectivity index (χ3n) is 2.80. The Morgan fingerprint density at radius 2 is 2.21 bits per heavy atom. The van der Waals surface area contributed by atoms with E-state index in [0.717, 1.165) is 5.52 Å². The van der Waals surface area contributed by atoms with Crippen molar-refractivity contribution in [2.45, 2.75) is 18.2 Å². The van der Waals surface area contributed by atoms with Crippen molar-refractivity contribution in [1.29, 1.82) is 0 Å². The molecule has 2 rings (SSSR count). The molecular weight excluding hydrogens is 262 g/mol. The molecule has 0 saturated heterocycles. The van der Waals surface area contributed by atoms with Crippen LogP contribution in [0.5, 0.6) is 0 Å². The smallest absolute Gasteiger partial charge is 0.242 e. The Labute approximate surface area is 112 Å². The third kappa shape index (κ3) is 2.97. The van der Waals surface area contributed by atoms with Crippen molar-refractivity contribution in [2.24, 2.45) is 0 Å². The van der Waals surface area contributed by atoms with Gasteiger partial charge in [0.25, 0.3) is 0 Å². The van der Waals surface area contributed by atoms with Crippen LogP contribution in [0.25, 0.3) is 10.9 Å². The van der Waals surface area contributed by atoms with Gasteiger partial charge in [-0.2, -0.15) is 0 Å². The molecule has 0 atom stereocenters. The van der Waals surface area contributed by atoms with Crippen LogP contribution in [0.2, 0.25) is 0 Å². The maximum absolute atomic E-state index is 12.2. The molecule has 0 fully saturated rings. The molecule has 0 unspecified atom stereocenters. The third-order valence-corrected chi connectivity index (χ3v) is 4.30. The molecule has 1 heterocycles. The number of hydrogen-bond acceptors (Lipinski definition) is 3. The summed E-state index contributed by atoms with van der Waals surface area (Å²) in [4.78, 5) is 3.17. The highest BCUT2D eigenvalue weighted by molar-refractivity contribution is 7.89. The lowest BCUT2D eigenvalue weighted by Crippen LogP contribution is -2.24. The van der Waals surface area contributed by atoms with Crippen LogP contribution in [-0.2, 0) is 10.0 Å². The van der Waals surface area contributed by atoms with Crippen molar-refractivity contribution in [3.63, 3.8) is 0 Å². The number of nitrogens with two attached hydrogens (primary N) is 1. The summed E-state index contributed by atoms with van der Waals surface area (Å²) in [7, 11) is -3.51. The maximum Gasteiger partial charge on any atom is 0.242 e. The van der Waals surface area contributed by atoms with Gasteiger partial charge in [0.2, 0.25) is 10.0 Å². The van der Waals surface area contributed by atoms with Gasteiger partial charge in [-0.25, -0.2) is 13.1 Å². The number of anilines is 1. The average Bonchev–Trinajstić information content (AvgIpc) is 2.78. The van der Waals surface area contributed by atoms with Crippen molar-refractivity contribution in [3.05, 3.63) is 36.5 Å². The van der Waals surface area contributed by atoms with Crippen LogP contribution in [-0.4, -0.2) is 19.9 Å². The molecule has 0 aliphatic carbocycles. The summed E-state index contributed by atoms with van der Waals surface area (Å²) in [6.45, 7) is 2.28.